The lowest BCUT2D eigenvalue weighted by Gasteiger charge is -2.31. The van der Waals surface area contributed by atoms with Crippen LogP contribution in [0.5, 0.6) is 0 Å². The Balaban J connectivity index is 0.00000112. The van der Waals surface area contributed by atoms with Gasteiger partial charge in [-0.3, -0.25) is 4.90 Å². The van der Waals surface area contributed by atoms with E-state index in [4.69, 9.17) is 11.6 Å². The Morgan fingerprint density at radius 2 is 2.40 bits per heavy atom. The van der Waals surface area contributed by atoms with E-state index < -0.39 is 0 Å². The maximum atomic E-state index is 5.89. The molecule has 1 aliphatic heterocycles. The van der Waals surface area contributed by atoms with E-state index >= 15 is 0 Å². The molecule has 15 heavy (non-hydrogen) atoms. The third kappa shape index (κ3) is 3.93. The van der Waals surface area contributed by atoms with Crippen LogP contribution in [0.25, 0.3) is 0 Å². The third-order valence-electron chi connectivity index (χ3n) is 2.46. The van der Waals surface area contributed by atoms with Gasteiger partial charge in [0.1, 0.15) is 0 Å². The summed E-state index contributed by atoms with van der Waals surface area (Å²) in [5.41, 5.74) is 0. The molecule has 0 bridgehead atoms. The first-order chi connectivity index (χ1) is 6.74. The summed E-state index contributed by atoms with van der Waals surface area (Å²) in [6.45, 7) is 6.65. The Morgan fingerprint density at radius 1 is 1.60 bits per heavy atom. The summed E-state index contributed by atoms with van der Waals surface area (Å²) in [4.78, 5) is 3.84. The van der Waals surface area contributed by atoms with Crippen molar-refractivity contribution in [3.05, 3.63) is 21.3 Å². The predicted octanol–water partition coefficient (Wildman–Crippen LogP) is 2.62. The van der Waals surface area contributed by atoms with Gasteiger partial charge >= 0.3 is 0 Å². The minimum absolute atomic E-state index is 0. The maximum absolute atomic E-state index is 5.89. The smallest absolute Gasteiger partial charge is 0.0931 e. The molecule has 1 saturated heterocycles. The largest absolute Gasteiger partial charge is 0.312 e. The standard InChI is InChI=1S/C10H15ClN2S.ClH/c1-8-6-13(5-4-12-8)7-9-2-3-10(11)14-9;/h2-3,8,12H,4-7H2,1H3;1H. The Morgan fingerprint density at radius 3 is 3.00 bits per heavy atom. The van der Waals surface area contributed by atoms with Gasteiger partial charge in [-0.15, -0.1) is 23.7 Å². The van der Waals surface area contributed by atoms with Crippen molar-refractivity contribution >= 4 is 35.3 Å². The number of halogens is 2. The summed E-state index contributed by atoms with van der Waals surface area (Å²) in [6, 6.07) is 4.71. The van der Waals surface area contributed by atoms with Gasteiger partial charge in [-0.2, -0.15) is 0 Å². The highest BCUT2D eigenvalue weighted by Crippen LogP contribution is 2.22. The molecule has 1 aromatic rings. The van der Waals surface area contributed by atoms with Crippen molar-refractivity contribution in [3.63, 3.8) is 0 Å². The van der Waals surface area contributed by atoms with Gasteiger partial charge in [0.05, 0.1) is 4.34 Å². The van der Waals surface area contributed by atoms with E-state index in [1.54, 1.807) is 11.3 Å². The van der Waals surface area contributed by atoms with Crippen molar-refractivity contribution in [1.82, 2.24) is 10.2 Å². The molecule has 5 heteroatoms. The zero-order chi connectivity index (χ0) is 9.97. The van der Waals surface area contributed by atoms with E-state index in [1.165, 1.54) is 4.88 Å². The Labute approximate surface area is 106 Å². The van der Waals surface area contributed by atoms with Crippen LogP contribution in [0.4, 0.5) is 0 Å². The summed E-state index contributed by atoms with van der Waals surface area (Å²) < 4.78 is 0.892. The fraction of sp³-hybridized carbons (Fsp3) is 0.600. The molecule has 1 unspecified atom stereocenters. The zero-order valence-corrected chi connectivity index (χ0v) is 11.1. The minimum atomic E-state index is 0. The lowest BCUT2D eigenvalue weighted by Crippen LogP contribution is -2.48. The van der Waals surface area contributed by atoms with Crippen molar-refractivity contribution in [2.75, 3.05) is 19.6 Å². The average molecular weight is 267 g/mol. The molecule has 2 heterocycles. The van der Waals surface area contributed by atoms with Gasteiger partial charge in [0.15, 0.2) is 0 Å². The molecular formula is C10H16Cl2N2S. The van der Waals surface area contributed by atoms with E-state index in [0.717, 1.165) is 30.5 Å². The molecule has 1 N–H and O–H groups in total. The number of thiophene rings is 1. The highest BCUT2D eigenvalue weighted by Gasteiger charge is 2.15. The summed E-state index contributed by atoms with van der Waals surface area (Å²) in [6.07, 6.45) is 0. The summed E-state index contributed by atoms with van der Waals surface area (Å²) in [5.74, 6) is 0. The van der Waals surface area contributed by atoms with Crippen molar-refractivity contribution in [2.45, 2.75) is 19.5 Å². The van der Waals surface area contributed by atoms with Crippen LogP contribution < -0.4 is 5.32 Å². The van der Waals surface area contributed by atoms with Crippen LogP contribution in [0.3, 0.4) is 0 Å². The molecule has 0 spiro atoms. The number of hydrogen-bond acceptors (Lipinski definition) is 3. The minimum Gasteiger partial charge on any atom is -0.312 e. The summed E-state index contributed by atoms with van der Waals surface area (Å²) >= 11 is 7.58. The molecule has 0 aromatic carbocycles. The first kappa shape index (κ1) is 13.3. The second-order valence-corrected chi connectivity index (χ2v) is 5.60. The molecule has 86 valence electrons. The van der Waals surface area contributed by atoms with Gasteiger partial charge in [-0.1, -0.05) is 11.6 Å². The SMILES string of the molecule is CC1CN(Cc2ccc(Cl)s2)CCN1.Cl. The summed E-state index contributed by atoms with van der Waals surface area (Å²) in [7, 11) is 0. The molecular weight excluding hydrogens is 251 g/mol. The Kier molecular flexibility index (Phi) is 5.36. The average Bonchev–Trinajstić information content (AvgIpc) is 2.51. The second-order valence-electron chi connectivity index (χ2n) is 3.80. The molecule has 2 nitrogen and oxygen atoms in total. The number of rotatable bonds is 2. The molecule has 0 aliphatic carbocycles. The summed E-state index contributed by atoms with van der Waals surface area (Å²) in [5, 5.41) is 3.44. The second kappa shape index (κ2) is 6.06. The molecule has 2 rings (SSSR count). The van der Waals surface area contributed by atoms with Crippen molar-refractivity contribution in [2.24, 2.45) is 0 Å². The van der Waals surface area contributed by atoms with Gasteiger partial charge in [0.2, 0.25) is 0 Å². The molecule has 1 atom stereocenters. The fourth-order valence-electron chi connectivity index (χ4n) is 1.81. The maximum Gasteiger partial charge on any atom is 0.0931 e. The van der Waals surface area contributed by atoms with E-state index in [9.17, 15) is 0 Å². The van der Waals surface area contributed by atoms with Crippen LogP contribution in [-0.2, 0) is 6.54 Å². The zero-order valence-electron chi connectivity index (χ0n) is 8.70. The third-order valence-corrected chi connectivity index (χ3v) is 3.68. The first-order valence-corrected chi connectivity index (χ1v) is 6.13. The van der Waals surface area contributed by atoms with E-state index in [-0.39, 0.29) is 12.4 Å². The number of nitrogens with zero attached hydrogens (tertiary/aromatic N) is 1. The highest BCUT2D eigenvalue weighted by molar-refractivity contribution is 7.16. The Hall–Kier alpha value is 0.200. The van der Waals surface area contributed by atoms with Crippen LogP contribution in [-0.4, -0.2) is 30.6 Å². The lowest BCUT2D eigenvalue weighted by atomic mass is 10.2. The van der Waals surface area contributed by atoms with Crippen LogP contribution >= 0.6 is 35.3 Å². The molecule has 0 saturated carbocycles. The van der Waals surface area contributed by atoms with Gasteiger partial charge in [0.25, 0.3) is 0 Å². The highest BCUT2D eigenvalue weighted by atomic mass is 35.5. The van der Waals surface area contributed by atoms with Gasteiger partial charge in [-0.05, 0) is 19.1 Å². The monoisotopic (exact) mass is 266 g/mol. The number of hydrogen-bond donors (Lipinski definition) is 1. The first-order valence-electron chi connectivity index (χ1n) is 4.94. The van der Waals surface area contributed by atoms with E-state index in [0.29, 0.717) is 6.04 Å². The fourth-order valence-corrected chi connectivity index (χ4v) is 2.94. The molecule has 1 aliphatic rings. The molecule has 0 radical (unpaired) electrons. The normalized spacial score (nSPS) is 22.4. The van der Waals surface area contributed by atoms with Crippen molar-refractivity contribution < 1.29 is 0 Å². The van der Waals surface area contributed by atoms with Gasteiger partial charge in [-0.25, -0.2) is 0 Å². The van der Waals surface area contributed by atoms with Crippen LogP contribution in [0.15, 0.2) is 12.1 Å². The molecule has 0 amide bonds. The van der Waals surface area contributed by atoms with E-state index in [1.807, 2.05) is 6.07 Å². The van der Waals surface area contributed by atoms with E-state index in [2.05, 4.69) is 23.2 Å². The molecule has 1 fully saturated rings. The van der Waals surface area contributed by atoms with Gasteiger partial charge < -0.3 is 5.32 Å². The number of piperazine rings is 1. The predicted molar refractivity (Wildman–Crippen MR) is 69.3 cm³/mol. The van der Waals surface area contributed by atoms with Crippen LogP contribution in [0.2, 0.25) is 4.34 Å². The lowest BCUT2D eigenvalue weighted by molar-refractivity contribution is 0.201. The number of nitrogens with one attached hydrogen (secondary N) is 1. The van der Waals surface area contributed by atoms with Crippen LogP contribution in [0.1, 0.15) is 11.8 Å². The van der Waals surface area contributed by atoms with Gasteiger partial charge in [0, 0.05) is 37.1 Å². The van der Waals surface area contributed by atoms with Crippen LogP contribution in [0, 0.1) is 0 Å². The topological polar surface area (TPSA) is 15.3 Å². The Bertz CT molecular complexity index is 303. The van der Waals surface area contributed by atoms with Crippen molar-refractivity contribution in [3.8, 4) is 0 Å². The quantitative estimate of drug-likeness (QED) is 0.886. The van der Waals surface area contributed by atoms with Crippen molar-refractivity contribution in [1.29, 1.82) is 0 Å². The molecule has 1 aromatic heterocycles.